The molecule has 2 aromatic rings. The molecule has 5 nitrogen and oxygen atoms in total. The quantitative estimate of drug-likeness (QED) is 0.809. The molecule has 7 heteroatoms. The zero-order chi connectivity index (χ0) is 15.6. The number of rotatable bonds is 4. The van der Waals surface area contributed by atoms with E-state index in [2.05, 4.69) is 20.7 Å². The number of hydrogen-bond donors (Lipinski definition) is 2. The Kier molecular flexibility index (Phi) is 4.43. The van der Waals surface area contributed by atoms with Gasteiger partial charge in [0.2, 0.25) is 0 Å². The third-order valence-corrected chi connectivity index (χ3v) is 4.89. The number of ether oxygens (including phenoxy) is 1. The highest BCUT2D eigenvalue weighted by molar-refractivity contribution is 9.10. The molecule has 0 aromatic heterocycles. The van der Waals surface area contributed by atoms with Gasteiger partial charge in [-0.1, -0.05) is 6.07 Å². The molecule has 0 heterocycles. The summed E-state index contributed by atoms with van der Waals surface area (Å²) in [5.41, 5.74) is 7.48. The first-order valence-corrected chi connectivity index (χ1v) is 8.33. The number of anilines is 2. The average molecular weight is 371 g/mol. The summed E-state index contributed by atoms with van der Waals surface area (Å²) in [7, 11) is -2.39. The summed E-state index contributed by atoms with van der Waals surface area (Å²) in [6.07, 6.45) is 0. The van der Waals surface area contributed by atoms with Gasteiger partial charge in [-0.3, -0.25) is 4.72 Å². The van der Waals surface area contributed by atoms with E-state index in [0.717, 1.165) is 5.56 Å². The first-order valence-electron chi connectivity index (χ1n) is 6.06. The third kappa shape index (κ3) is 3.48. The largest absolute Gasteiger partial charge is 0.495 e. The van der Waals surface area contributed by atoms with Crippen molar-refractivity contribution >= 4 is 37.3 Å². The number of sulfonamides is 1. The van der Waals surface area contributed by atoms with Gasteiger partial charge >= 0.3 is 0 Å². The Morgan fingerprint density at radius 3 is 2.52 bits per heavy atom. The number of nitrogen functional groups attached to an aromatic ring is 1. The third-order valence-electron chi connectivity index (χ3n) is 2.85. The molecule has 21 heavy (non-hydrogen) atoms. The van der Waals surface area contributed by atoms with Crippen molar-refractivity contribution in [3.8, 4) is 5.75 Å². The maximum Gasteiger partial charge on any atom is 0.265 e. The number of nitrogens with two attached hydrogens (primary N) is 1. The molecule has 2 rings (SSSR count). The Hall–Kier alpha value is -1.73. The Bertz CT molecular complexity index is 776. The molecule has 112 valence electrons. The first kappa shape index (κ1) is 15.7. The summed E-state index contributed by atoms with van der Waals surface area (Å²) in [5, 5.41) is 0. The summed E-state index contributed by atoms with van der Waals surface area (Å²) < 4.78 is 33.3. The minimum absolute atomic E-state index is 0.00234. The predicted molar refractivity (Wildman–Crippen MR) is 87.1 cm³/mol. The van der Waals surface area contributed by atoms with Crippen LogP contribution < -0.4 is 15.2 Å². The van der Waals surface area contributed by atoms with Gasteiger partial charge in [-0.05, 0) is 58.7 Å². The van der Waals surface area contributed by atoms with Crippen LogP contribution in [0.3, 0.4) is 0 Å². The van der Waals surface area contributed by atoms with E-state index >= 15 is 0 Å². The van der Waals surface area contributed by atoms with Crippen LogP contribution in [-0.2, 0) is 10.0 Å². The molecule has 0 amide bonds. The van der Waals surface area contributed by atoms with Crippen molar-refractivity contribution < 1.29 is 13.2 Å². The van der Waals surface area contributed by atoms with E-state index in [1.807, 2.05) is 19.1 Å². The van der Waals surface area contributed by atoms with Crippen molar-refractivity contribution in [3.05, 3.63) is 46.4 Å². The fraction of sp³-hybridized carbons (Fsp3) is 0.143. The topological polar surface area (TPSA) is 81.4 Å². The van der Waals surface area contributed by atoms with E-state index in [9.17, 15) is 8.42 Å². The van der Waals surface area contributed by atoms with Gasteiger partial charge in [0.15, 0.2) is 0 Å². The van der Waals surface area contributed by atoms with Gasteiger partial charge < -0.3 is 10.5 Å². The number of nitrogens with one attached hydrogen (secondary N) is 1. The van der Waals surface area contributed by atoms with Gasteiger partial charge in [0, 0.05) is 10.2 Å². The minimum atomic E-state index is -3.80. The smallest absolute Gasteiger partial charge is 0.265 e. The zero-order valence-electron chi connectivity index (χ0n) is 11.6. The normalized spacial score (nSPS) is 11.2. The van der Waals surface area contributed by atoms with Crippen molar-refractivity contribution in [3.63, 3.8) is 0 Å². The Labute approximate surface area is 132 Å². The molecule has 0 aliphatic carbocycles. The van der Waals surface area contributed by atoms with Gasteiger partial charge in [-0.15, -0.1) is 0 Å². The highest BCUT2D eigenvalue weighted by atomic mass is 79.9. The summed E-state index contributed by atoms with van der Waals surface area (Å²) in [6.45, 7) is 1.92. The number of benzene rings is 2. The van der Waals surface area contributed by atoms with E-state index in [1.54, 1.807) is 12.1 Å². The fourth-order valence-corrected chi connectivity index (χ4v) is 3.81. The van der Waals surface area contributed by atoms with Crippen molar-refractivity contribution in [1.82, 2.24) is 0 Å². The fourth-order valence-electron chi connectivity index (χ4n) is 1.81. The molecule has 0 aliphatic rings. The lowest BCUT2D eigenvalue weighted by atomic mass is 10.2. The monoisotopic (exact) mass is 370 g/mol. The zero-order valence-corrected chi connectivity index (χ0v) is 14.0. The van der Waals surface area contributed by atoms with Crippen LogP contribution in [0.1, 0.15) is 5.56 Å². The molecule has 0 unspecified atom stereocenters. The second kappa shape index (κ2) is 5.95. The van der Waals surface area contributed by atoms with Gasteiger partial charge in [0.05, 0.1) is 12.8 Å². The van der Waals surface area contributed by atoms with Gasteiger partial charge in [-0.2, -0.15) is 0 Å². The predicted octanol–water partition coefficient (Wildman–Crippen LogP) is 3.15. The molecule has 0 aliphatic heterocycles. The lowest BCUT2D eigenvalue weighted by Crippen LogP contribution is -2.14. The van der Waals surface area contributed by atoms with Crippen LogP contribution >= 0.6 is 15.9 Å². The SMILES string of the molecule is COc1ccc(N)cc1S(=O)(=O)Nc1ccc(C)cc1Br. The summed E-state index contributed by atoms with van der Waals surface area (Å²) in [6, 6.07) is 9.81. The maximum absolute atomic E-state index is 12.5. The second-order valence-corrected chi connectivity index (χ2v) is 7.00. The molecule has 0 spiro atoms. The van der Waals surface area contributed by atoms with E-state index < -0.39 is 10.0 Å². The first-order chi connectivity index (χ1) is 9.83. The van der Waals surface area contributed by atoms with Crippen LogP contribution in [0.25, 0.3) is 0 Å². The van der Waals surface area contributed by atoms with E-state index in [1.165, 1.54) is 19.2 Å². The molecule has 0 saturated carbocycles. The standard InChI is InChI=1S/C14H15BrN2O3S/c1-9-3-5-12(11(15)7-9)17-21(18,19)14-8-10(16)4-6-13(14)20-2/h3-8,17H,16H2,1-2H3. The summed E-state index contributed by atoms with van der Waals surface area (Å²) in [5.74, 6) is 0.236. The molecule has 0 radical (unpaired) electrons. The van der Waals surface area contributed by atoms with Crippen LogP contribution in [0.4, 0.5) is 11.4 Å². The average Bonchev–Trinajstić information content (AvgIpc) is 2.42. The Morgan fingerprint density at radius 2 is 1.90 bits per heavy atom. The molecule has 0 saturated heterocycles. The molecular formula is C14H15BrN2O3S. The van der Waals surface area contributed by atoms with Gasteiger partial charge in [-0.25, -0.2) is 8.42 Å². The number of halogens is 1. The highest BCUT2D eigenvalue weighted by Crippen LogP contribution is 2.30. The van der Waals surface area contributed by atoms with Crippen LogP contribution in [0, 0.1) is 6.92 Å². The van der Waals surface area contributed by atoms with Gasteiger partial charge in [0.25, 0.3) is 10.0 Å². The van der Waals surface area contributed by atoms with Crippen LogP contribution in [0.15, 0.2) is 45.8 Å². The molecule has 0 bridgehead atoms. The lowest BCUT2D eigenvalue weighted by Gasteiger charge is -2.13. The summed E-state index contributed by atoms with van der Waals surface area (Å²) in [4.78, 5) is -0.00234. The Morgan fingerprint density at radius 1 is 1.19 bits per heavy atom. The molecule has 0 atom stereocenters. The van der Waals surface area contributed by atoms with E-state index in [0.29, 0.717) is 15.8 Å². The van der Waals surface area contributed by atoms with Crippen molar-refractivity contribution in [2.24, 2.45) is 0 Å². The number of hydrogen-bond acceptors (Lipinski definition) is 4. The maximum atomic E-state index is 12.5. The van der Waals surface area contributed by atoms with Crippen LogP contribution in [0.2, 0.25) is 0 Å². The molecule has 0 fully saturated rings. The lowest BCUT2D eigenvalue weighted by molar-refractivity contribution is 0.403. The van der Waals surface area contributed by atoms with Crippen molar-refractivity contribution in [1.29, 1.82) is 0 Å². The Balaban J connectivity index is 2.45. The number of aryl methyl sites for hydroxylation is 1. The van der Waals surface area contributed by atoms with Gasteiger partial charge in [0.1, 0.15) is 10.6 Å². The minimum Gasteiger partial charge on any atom is -0.495 e. The van der Waals surface area contributed by atoms with Crippen LogP contribution in [0.5, 0.6) is 5.75 Å². The number of methoxy groups -OCH3 is 1. The summed E-state index contributed by atoms with van der Waals surface area (Å²) >= 11 is 3.34. The van der Waals surface area contributed by atoms with Crippen molar-refractivity contribution in [2.75, 3.05) is 17.6 Å². The van der Waals surface area contributed by atoms with Crippen molar-refractivity contribution in [2.45, 2.75) is 11.8 Å². The van der Waals surface area contributed by atoms with E-state index in [4.69, 9.17) is 10.5 Å². The molecule has 3 N–H and O–H groups in total. The van der Waals surface area contributed by atoms with Crippen LogP contribution in [-0.4, -0.2) is 15.5 Å². The molecular weight excluding hydrogens is 356 g/mol. The van der Waals surface area contributed by atoms with E-state index in [-0.39, 0.29) is 10.6 Å². The highest BCUT2D eigenvalue weighted by Gasteiger charge is 2.21. The molecule has 2 aromatic carbocycles. The second-order valence-electron chi connectivity index (χ2n) is 4.50.